The Morgan fingerprint density at radius 1 is 0.977 bits per heavy atom. The lowest BCUT2D eigenvalue weighted by atomic mass is 9.83. The van der Waals surface area contributed by atoms with Gasteiger partial charge in [0.1, 0.15) is 12.2 Å². The number of hydroxylamine groups is 2. The third-order valence-electron chi connectivity index (χ3n) is 9.60. The number of hydrogen-bond acceptors (Lipinski definition) is 8. The van der Waals surface area contributed by atoms with Crippen LogP contribution in [-0.4, -0.2) is 107 Å². The van der Waals surface area contributed by atoms with Crippen LogP contribution in [0.5, 0.6) is 0 Å². The summed E-state index contributed by atoms with van der Waals surface area (Å²) in [7, 11) is -3.74. The molecule has 0 radical (unpaired) electrons. The first-order chi connectivity index (χ1) is 20.8. The summed E-state index contributed by atoms with van der Waals surface area (Å²) < 4.78 is 24.4. The topological polar surface area (TPSA) is 109 Å². The molecular weight excluding hydrogens is 583 g/mol. The Hall–Kier alpha value is -1.52. The van der Waals surface area contributed by atoms with Gasteiger partial charge in [0, 0.05) is 25.2 Å². The minimum Gasteiger partial charge on any atom is -0.334 e. The maximum absolute atomic E-state index is 14.4. The van der Waals surface area contributed by atoms with Crippen LogP contribution >= 0.6 is 7.60 Å². The van der Waals surface area contributed by atoms with Gasteiger partial charge in [-0.2, -0.15) is 5.06 Å². The van der Waals surface area contributed by atoms with Gasteiger partial charge in [0.2, 0.25) is 5.91 Å². The second kappa shape index (κ2) is 14.9. The quantitative estimate of drug-likeness (QED) is 0.289. The number of hydrogen-bond donors (Lipinski definition) is 0. The maximum Gasteiger partial charge on any atom is 0.340 e. The van der Waals surface area contributed by atoms with E-state index in [2.05, 4.69) is 39.5 Å². The standard InChI is InChI=1S/C32H57N4O7P/c1-8-41-44(40,42-9-2)22-29(37)36-28-21-34(25-15-17-33(18-16-25)23(3)4)30(38)26(20-32(5,6)7)35(28)31(39)27(43-36)19-24-13-11-10-12-14-24/h23-28H,8-22H2,1-7H3/t26-,27+,28-/m0/s1. The number of rotatable bonds is 11. The number of fused-ring (bicyclic) bond motifs is 1. The molecule has 44 heavy (non-hydrogen) atoms. The van der Waals surface area contributed by atoms with Crippen LogP contribution in [0.25, 0.3) is 0 Å². The van der Waals surface area contributed by atoms with Gasteiger partial charge in [-0.25, -0.2) is 0 Å². The zero-order valence-corrected chi connectivity index (χ0v) is 29.1. The summed E-state index contributed by atoms with van der Waals surface area (Å²) in [5.41, 5.74) is -0.249. The van der Waals surface area contributed by atoms with Crippen molar-refractivity contribution in [1.82, 2.24) is 19.8 Å². The third-order valence-corrected chi connectivity index (χ3v) is 11.6. The molecule has 0 bridgehead atoms. The SMILES string of the molecule is CCOP(=O)(CC(=O)N1O[C@H](CC2CCCCC2)C(=O)N2[C@@H]1CN(C1CCN(C(C)C)CC1)C(=O)[C@@H]2CC(C)(C)C)OCC. The van der Waals surface area contributed by atoms with E-state index >= 15 is 0 Å². The summed E-state index contributed by atoms with van der Waals surface area (Å²) in [5, 5.41) is 1.26. The van der Waals surface area contributed by atoms with Gasteiger partial charge < -0.3 is 23.7 Å². The molecule has 3 aliphatic heterocycles. The van der Waals surface area contributed by atoms with Crippen LogP contribution in [0.1, 0.15) is 106 Å². The zero-order chi connectivity index (χ0) is 32.2. The van der Waals surface area contributed by atoms with E-state index in [0.29, 0.717) is 24.8 Å². The number of carbonyl (C=O) groups is 3. The Morgan fingerprint density at radius 3 is 2.14 bits per heavy atom. The predicted octanol–water partition coefficient (Wildman–Crippen LogP) is 5.04. The highest BCUT2D eigenvalue weighted by Gasteiger charge is 2.55. The van der Waals surface area contributed by atoms with E-state index in [9.17, 15) is 18.9 Å². The highest BCUT2D eigenvalue weighted by Crippen LogP contribution is 2.48. The van der Waals surface area contributed by atoms with E-state index in [1.807, 2.05) is 4.90 Å². The number of piperidine rings is 1. The van der Waals surface area contributed by atoms with Crippen LogP contribution in [0.15, 0.2) is 0 Å². The summed E-state index contributed by atoms with van der Waals surface area (Å²) >= 11 is 0. The van der Waals surface area contributed by atoms with Crippen LogP contribution in [-0.2, 0) is 32.8 Å². The first-order valence-electron chi connectivity index (χ1n) is 17.0. The lowest BCUT2D eigenvalue weighted by Crippen LogP contribution is -2.75. The molecule has 252 valence electrons. The van der Waals surface area contributed by atoms with Crippen molar-refractivity contribution in [3.05, 3.63) is 0 Å². The predicted molar refractivity (Wildman–Crippen MR) is 169 cm³/mol. The molecule has 4 rings (SSSR count). The normalized spacial score (nSPS) is 26.9. The fraction of sp³-hybridized carbons (Fsp3) is 0.906. The fourth-order valence-electron chi connectivity index (χ4n) is 7.44. The largest absolute Gasteiger partial charge is 0.340 e. The first kappa shape index (κ1) is 35.3. The van der Waals surface area contributed by atoms with Gasteiger partial charge in [0.05, 0.1) is 19.8 Å². The Labute approximate surface area is 264 Å². The molecular formula is C32H57N4O7P. The third kappa shape index (κ3) is 8.44. The van der Waals surface area contributed by atoms with E-state index in [-0.39, 0.29) is 43.0 Å². The van der Waals surface area contributed by atoms with Gasteiger partial charge in [0.25, 0.3) is 11.8 Å². The van der Waals surface area contributed by atoms with Gasteiger partial charge in [-0.05, 0) is 64.7 Å². The molecule has 0 aromatic carbocycles. The van der Waals surface area contributed by atoms with Crippen molar-refractivity contribution in [3.63, 3.8) is 0 Å². The van der Waals surface area contributed by atoms with Crippen molar-refractivity contribution < 1.29 is 32.8 Å². The van der Waals surface area contributed by atoms with E-state index in [0.717, 1.165) is 51.6 Å². The van der Waals surface area contributed by atoms with E-state index < -0.39 is 38.0 Å². The number of nitrogens with zero attached hydrogens (tertiary/aromatic N) is 4. The van der Waals surface area contributed by atoms with Crippen LogP contribution < -0.4 is 0 Å². The minimum absolute atomic E-state index is 0.00656. The van der Waals surface area contributed by atoms with Crippen molar-refractivity contribution in [2.45, 2.75) is 137 Å². The molecule has 1 saturated carbocycles. The van der Waals surface area contributed by atoms with Crippen LogP contribution in [0.2, 0.25) is 0 Å². The van der Waals surface area contributed by atoms with Gasteiger partial charge >= 0.3 is 7.60 Å². The second-order valence-electron chi connectivity index (χ2n) is 14.5. The molecule has 4 fully saturated rings. The molecule has 11 nitrogen and oxygen atoms in total. The van der Waals surface area contributed by atoms with Crippen LogP contribution in [0, 0.1) is 11.3 Å². The molecule has 3 heterocycles. The molecule has 12 heteroatoms. The molecule has 0 spiro atoms. The van der Waals surface area contributed by atoms with Crippen molar-refractivity contribution in [3.8, 4) is 0 Å². The summed E-state index contributed by atoms with van der Waals surface area (Å²) in [6.45, 7) is 16.2. The van der Waals surface area contributed by atoms with Crippen molar-refractivity contribution in [2.24, 2.45) is 11.3 Å². The van der Waals surface area contributed by atoms with E-state index in [1.54, 1.807) is 18.7 Å². The Morgan fingerprint density at radius 2 is 1.59 bits per heavy atom. The fourth-order valence-corrected chi connectivity index (χ4v) is 8.95. The van der Waals surface area contributed by atoms with Crippen LogP contribution in [0.4, 0.5) is 0 Å². The van der Waals surface area contributed by atoms with E-state index in [4.69, 9.17) is 13.9 Å². The highest BCUT2D eigenvalue weighted by atomic mass is 31.2. The molecule has 1 aliphatic carbocycles. The number of carbonyl (C=O) groups excluding carboxylic acids is 3. The minimum atomic E-state index is -3.74. The van der Waals surface area contributed by atoms with Crippen LogP contribution in [0.3, 0.4) is 0 Å². The number of piperazine rings is 1. The molecule has 4 aliphatic rings. The van der Waals surface area contributed by atoms with Crippen molar-refractivity contribution >= 4 is 25.3 Å². The smallest absolute Gasteiger partial charge is 0.334 e. The van der Waals surface area contributed by atoms with Gasteiger partial charge in [-0.15, -0.1) is 0 Å². The molecule has 3 amide bonds. The molecule has 3 saturated heterocycles. The van der Waals surface area contributed by atoms with Crippen molar-refractivity contribution in [1.29, 1.82) is 0 Å². The lowest BCUT2D eigenvalue weighted by molar-refractivity contribution is -0.277. The lowest BCUT2D eigenvalue weighted by Gasteiger charge is -2.56. The Kier molecular flexibility index (Phi) is 12.0. The average molecular weight is 641 g/mol. The molecule has 0 aromatic heterocycles. The Bertz CT molecular complexity index is 1040. The molecule has 0 aromatic rings. The summed E-state index contributed by atoms with van der Waals surface area (Å²) in [4.78, 5) is 55.1. The number of likely N-dealkylation sites (tertiary alicyclic amines) is 1. The van der Waals surface area contributed by atoms with Gasteiger partial charge in [-0.3, -0.25) is 23.8 Å². The molecule has 0 N–H and O–H groups in total. The molecule has 0 unspecified atom stereocenters. The Balaban J connectivity index is 1.69. The summed E-state index contributed by atoms with van der Waals surface area (Å²) in [6.07, 6.45) is 5.87. The van der Waals surface area contributed by atoms with Gasteiger partial charge in [-0.1, -0.05) is 52.9 Å². The maximum atomic E-state index is 14.4. The van der Waals surface area contributed by atoms with Gasteiger partial charge in [0.15, 0.2) is 12.3 Å². The first-order valence-corrected chi connectivity index (χ1v) is 18.7. The van der Waals surface area contributed by atoms with E-state index in [1.165, 1.54) is 11.5 Å². The monoisotopic (exact) mass is 640 g/mol. The average Bonchev–Trinajstić information content (AvgIpc) is 2.95. The van der Waals surface area contributed by atoms with Crippen molar-refractivity contribution in [2.75, 3.05) is 39.0 Å². The molecule has 3 atom stereocenters. The number of amides is 3. The summed E-state index contributed by atoms with van der Waals surface area (Å²) in [5.74, 6) is -0.509. The summed E-state index contributed by atoms with van der Waals surface area (Å²) in [6, 6.07) is -0.280. The highest BCUT2D eigenvalue weighted by molar-refractivity contribution is 7.54. The zero-order valence-electron chi connectivity index (χ0n) is 28.2. The second-order valence-corrected chi connectivity index (χ2v) is 16.6.